The van der Waals surface area contributed by atoms with E-state index in [-0.39, 0.29) is 5.91 Å². The largest absolute Gasteiger partial charge is 0.298 e. The van der Waals surface area contributed by atoms with Gasteiger partial charge < -0.3 is 0 Å². The van der Waals surface area contributed by atoms with Crippen LogP contribution in [0.4, 0.5) is 5.69 Å². The van der Waals surface area contributed by atoms with Gasteiger partial charge in [-0.1, -0.05) is 65.7 Å². The molecular weight excluding hydrogens is 443 g/mol. The first-order valence-corrected chi connectivity index (χ1v) is 11.8. The second-order valence-electron chi connectivity index (χ2n) is 8.63. The van der Waals surface area contributed by atoms with Crippen LogP contribution in [-0.2, 0) is 4.79 Å². The van der Waals surface area contributed by atoms with Crippen molar-refractivity contribution in [1.82, 2.24) is 9.80 Å². The quantitative estimate of drug-likeness (QED) is 0.337. The molecule has 3 aromatic carbocycles. The zero-order chi connectivity index (χ0) is 22.2. The molecule has 5 rings (SSSR count). The maximum Gasteiger partial charge on any atom is 0.263 e. The number of hydrogen-bond acceptors (Lipinski definition) is 4. The Hall–Kier alpha value is -2.15. The van der Waals surface area contributed by atoms with Gasteiger partial charge in [0.05, 0.1) is 5.69 Å². The second kappa shape index (κ2) is 9.00. The van der Waals surface area contributed by atoms with Gasteiger partial charge in [0, 0.05) is 35.7 Å². The number of carbonyl (C=O) groups is 1. The first-order valence-electron chi connectivity index (χ1n) is 11.0. The number of piperazine rings is 1. The molecule has 2 aliphatic heterocycles. The first kappa shape index (κ1) is 21.7. The lowest BCUT2D eigenvalue weighted by Gasteiger charge is -2.42. The van der Waals surface area contributed by atoms with E-state index >= 15 is 0 Å². The van der Waals surface area contributed by atoms with Crippen LogP contribution in [0.2, 0.25) is 10.0 Å². The number of benzene rings is 3. The van der Waals surface area contributed by atoms with E-state index in [4.69, 9.17) is 29.0 Å². The van der Waals surface area contributed by atoms with E-state index in [0.717, 1.165) is 42.5 Å². The normalized spacial score (nSPS) is 20.3. The summed E-state index contributed by atoms with van der Waals surface area (Å²) in [5.74, 6) is 6.21. The molecule has 2 saturated heterocycles. The Morgan fingerprint density at radius 2 is 1.75 bits per heavy atom. The molecule has 0 saturated carbocycles. The highest BCUT2D eigenvalue weighted by Crippen LogP contribution is 2.34. The predicted octanol–water partition coefficient (Wildman–Crippen LogP) is 4.87. The molecule has 1 unspecified atom stereocenters. The number of anilines is 1. The number of fused-ring (bicyclic) bond motifs is 2. The molecule has 2 fully saturated rings. The summed E-state index contributed by atoms with van der Waals surface area (Å²) in [7, 11) is 0. The lowest BCUT2D eigenvalue weighted by molar-refractivity contribution is -0.125. The van der Waals surface area contributed by atoms with Gasteiger partial charge >= 0.3 is 0 Å². The molecule has 3 aromatic rings. The second-order valence-corrected chi connectivity index (χ2v) is 9.51. The van der Waals surface area contributed by atoms with Crippen molar-refractivity contribution < 1.29 is 4.79 Å². The van der Waals surface area contributed by atoms with Crippen molar-refractivity contribution >= 4 is 45.6 Å². The Labute approximate surface area is 198 Å². The minimum absolute atomic E-state index is 0.189. The van der Waals surface area contributed by atoms with E-state index in [1.165, 1.54) is 17.9 Å². The molecular formula is C25H26Cl2N4O. The molecule has 0 spiro atoms. The summed E-state index contributed by atoms with van der Waals surface area (Å²) < 4.78 is 0. The zero-order valence-electron chi connectivity index (χ0n) is 17.8. The fourth-order valence-electron chi connectivity index (χ4n) is 5.16. The average molecular weight is 469 g/mol. The van der Waals surface area contributed by atoms with Crippen molar-refractivity contribution in [3.05, 3.63) is 76.3 Å². The lowest BCUT2D eigenvalue weighted by Crippen LogP contribution is -2.55. The monoisotopic (exact) mass is 468 g/mol. The van der Waals surface area contributed by atoms with Crippen LogP contribution in [0.25, 0.3) is 10.8 Å². The fourth-order valence-corrected chi connectivity index (χ4v) is 5.68. The number of carbonyl (C=O) groups excluding carboxylic acids is 1. The molecule has 2 heterocycles. The highest BCUT2D eigenvalue weighted by Gasteiger charge is 2.38. The van der Waals surface area contributed by atoms with E-state index in [1.807, 2.05) is 24.3 Å². The van der Waals surface area contributed by atoms with Crippen molar-refractivity contribution in [2.24, 2.45) is 5.84 Å². The summed E-state index contributed by atoms with van der Waals surface area (Å²) in [5.41, 5.74) is 1.46. The molecule has 2 atom stereocenters. The van der Waals surface area contributed by atoms with E-state index in [0.29, 0.717) is 21.8 Å². The fraction of sp³-hybridized carbons (Fsp3) is 0.320. The van der Waals surface area contributed by atoms with Gasteiger partial charge in [-0.2, -0.15) is 0 Å². The summed E-state index contributed by atoms with van der Waals surface area (Å²) in [4.78, 5) is 18.8. The Morgan fingerprint density at radius 3 is 2.56 bits per heavy atom. The van der Waals surface area contributed by atoms with Crippen molar-refractivity contribution in [1.29, 1.82) is 0 Å². The number of amides is 1. The van der Waals surface area contributed by atoms with E-state index in [1.54, 1.807) is 18.2 Å². The minimum Gasteiger partial charge on any atom is -0.298 e. The maximum absolute atomic E-state index is 14.0. The first-order chi connectivity index (χ1) is 15.5. The van der Waals surface area contributed by atoms with Gasteiger partial charge in [0.15, 0.2) is 0 Å². The molecule has 2 N–H and O–H groups in total. The standard InChI is InChI=1S/C25H26Cl2N4O/c26-18-13-19(27)15-21(14-18)31(28)25(32)24(30-12-11-29-10-4-7-20(29)16-30)23-9-3-6-17-5-1-2-8-22(17)23/h1-3,5-6,8-9,13-15,20,24H,4,7,10-12,16,28H2/t20-,24?/m0/s1. The molecule has 7 heteroatoms. The minimum atomic E-state index is -0.494. The van der Waals surface area contributed by atoms with Crippen LogP contribution < -0.4 is 10.9 Å². The molecule has 1 amide bonds. The van der Waals surface area contributed by atoms with Gasteiger partial charge in [0.25, 0.3) is 5.91 Å². The summed E-state index contributed by atoms with van der Waals surface area (Å²) >= 11 is 12.4. The van der Waals surface area contributed by atoms with Crippen molar-refractivity contribution in [3.63, 3.8) is 0 Å². The molecule has 166 valence electrons. The van der Waals surface area contributed by atoms with Crippen LogP contribution in [0.1, 0.15) is 24.4 Å². The number of rotatable bonds is 4. The predicted molar refractivity (Wildman–Crippen MR) is 131 cm³/mol. The Bertz CT molecular complexity index is 1130. The number of hydrogen-bond donors (Lipinski definition) is 1. The Morgan fingerprint density at radius 1 is 1.00 bits per heavy atom. The SMILES string of the molecule is NN(C(=O)C(c1cccc2ccccc12)N1CCN2CCC[C@H]2C1)c1cc(Cl)cc(Cl)c1. The highest BCUT2D eigenvalue weighted by molar-refractivity contribution is 6.35. The van der Waals surface area contributed by atoms with E-state index < -0.39 is 6.04 Å². The zero-order valence-corrected chi connectivity index (χ0v) is 19.3. The van der Waals surface area contributed by atoms with Gasteiger partial charge in [-0.15, -0.1) is 0 Å². The number of halogens is 2. The third-order valence-electron chi connectivity index (χ3n) is 6.70. The highest BCUT2D eigenvalue weighted by atomic mass is 35.5. The van der Waals surface area contributed by atoms with Crippen LogP contribution in [0, 0.1) is 0 Å². The van der Waals surface area contributed by atoms with E-state index in [9.17, 15) is 4.79 Å². The third-order valence-corrected chi connectivity index (χ3v) is 7.14. The van der Waals surface area contributed by atoms with Gasteiger partial charge in [-0.05, 0) is 53.9 Å². The topological polar surface area (TPSA) is 52.8 Å². The van der Waals surface area contributed by atoms with Gasteiger partial charge in [-0.3, -0.25) is 14.6 Å². The van der Waals surface area contributed by atoms with Crippen molar-refractivity contribution in [3.8, 4) is 0 Å². The van der Waals surface area contributed by atoms with Gasteiger partial charge in [0.2, 0.25) is 0 Å². The number of hydrazine groups is 1. The van der Waals surface area contributed by atoms with Crippen molar-refractivity contribution in [2.45, 2.75) is 24.9 Å². The number of nitrogens with two attached hydrogens (primary N) is 1. The summed E-state index contributed by atoms with van der Waals surface area (Å²) in [6, 6.07) is 19.3. The third kappa shape index (κ3) is 4.12. The Balaban J connectivity index is 1.57. The van der Waals surface area contributed by atoms with Gasteiger partial charge in [0.1, 0.15) is 6.04 Å². The van der Waals surface area contributed by atoms with E-state index in [2.05, 4.69) is 28.0 Å². The molecule has 0 aromatic heterocycles. The van der Waals surface area contributed by atoms with Crippen LogP contribution in [-0.4, -0.2) is 47.9 Å². The summed E-state index contributed by atoms with van der Waals surface area (Å²) in [6.07, 6.45) is 2.39. The van der Waals surface area contributed by atoms with Crippen LogP contribution in [0.15, 0.2) is 60.7 Å². The smallest absolute Gasteiger partial charge is 0.263 e. The molecule has 2 aliphatic rings. The molecule has 0 bridgehead atoms. The molecule has 32 heavy (non-hydrogen) atoms. The van der Waals surface area contributed by atoms with Gasteiger partial charge in [-0.25, -0.2) is 10.9 Å². The number of nitrogens with zero attached hydrogens (tertiary/aromatic N) is 3. The van der Waals surface area contributed by atoms with Crippen molar-refractivity contribution in [2.75, 3.05) is 31.2 Å². The van der Waals surface area contributed by atoms with Crippen LogP contribution in [0.3, 0.4) is 0 Å². The Kier molecular flexibility index (Phi) is 6.10. The molecule has 0 aliphatic carbocycles. The lowest BCUT2D eigenvalue weighted by atomic mass is 9.95. The summed E-state index contributed by atoms with van der Waals surface area (Å²) in [6.45, 7) is 3.78. The maximum atomic E-state index is 14.0. The average Bonchev–Trinajstić information content (AvgIpc) is 3.26. The van der Waals surface area contributed by atoms with Crippen LogP contribution >= 0.6 is 23.2 Å². The molecule has 0 radical (unpaired) electrons. The summed E-state index contributed by atoms with van der Waals surface area (Å²) in [5, 5.41) is 4.26. The van der Waals surface area contributed by atoms with Crippen LogP contribution in [0.5, 0.6) is 0 Å². The molecule has 5 nitrogen and oxygen atoms in total.